The molecule has 2 nitrogen and oxygen atoms in total. The van der Waals surface area contributed by atoms with Crippen LogP contribution in [-0.4, -0.2) is 8.42 Å². The summed E-state index contributed by atoms with van der Waals surface area (Å²) in [7, 11) is 1.28. The fourth-order valence-corrected chi connectivity index (χ4v) is 2.64. The maximum absolute atomic E-state index is 13.2. The minimum atomic E-state index is -4.00. The highest BCUT2D eigenvalue weighted by Gasteiger charge is 2.17. The summed E-state index contributed by atoms with van der Waals surface area (Å²) < 4.78 is 48.7. The zero-order valence-electron chi connectivity index (χ0n) is 8.90. The van der Waals surface area contributed by atoms with Crippen LogP contribution >= 0.6 is 10.7 Å². The second-order valence-electron chi connectivity index (χ2n) is 3.59. The third-order valence-electron chi connectivity index (χ3n) is 2.36. The fraction of sp³-hybridized carbons (Fsp3) is 0. The van der Waals surface area contributed by atoms with Crippen molar-refractivity contribution in [3.05, 3.63) is 54.1 Å². The summed E-state index contributed by atoms with van der Waals surface area (Å²) in [6.45, 7) is 0. The van der Waals surface area contributed by atoms with Crippen molar-refractivity contribution in [2.24, 2.45) is 0 Å². The third kappa shape index (κ3) is 2.68. The number of benzene rings is 2. The van der Waals surface area contributed by atoms with E-state index in [1.165, 1.54) is 12.1 Å². The number of hydrogen-bond donors (Lipinski definition) is 0. The Morgan fingerprint density at radius 3 is 2.00 bits per heavy atom. The fourth-order valence-electron chi connectivity index (χ4n) is 1.57. The van der Waals surface area contributed by atoms with Crippen molar-refractivity contribution < 1.29 is 17.2 Å². The Hall–Kier alpha value is -1.46. The molecule has 6 heteroatoms. The Morgan fingerprint density at radius 2 is 1.44 bits per heavy atom. The van der Waals surface area contributed by atoms with E-state index in [0.29, 0.717) is 5.56 Å². The lowest BCUT2D eigenvalue weighted by Gasteiger charge is -2.07. The molecule has 0 fully saturated rings. The van der Waals surface area contributed by atoms with Crippen molar-refractivity contribution in [3.63, 3.8) is 0 Å². The van der Waals surface area contributed by atoms with Gasteiger partial charge in [-0.15, -0.1) is 0 Å². The van der Waals surface area contributed by atoms with Gasteiger partial charge in [0.1, 0.15) is 11.6 Å². The summed E-state index contributed by atoms with van der Waals surface area (Å²) in [6, 6.07) is 8.15. The summed E-state index contributed by atoms with van der Waals surface area (Å²) in [5, 5.41) is 0. The monoisotopic (exact) mass is 288 g/mol. The number of halogens is 3. The normalized spacial score (nSPS) is 11.5. The molecule has 18 heavy (non-hydrogen) atoms. The van der Waals surface area contributed by atoms with Gasteiger partial charge in [0.25, 0.3) is 9.05 Å². The Kier molecular flexibility index (Phi) is 3.36. The van der Waals surface area contributed by atoms with Gasteiger partial charge in [-0.3, -0.25) is 0 Å². The Balaban J connectivity index is 2.69. The van der Waals surface area contributed by atoms with Crippen LogP contribution in [0.2, 0.25) is 0 Å². The largest absolute Gasteiger partial charge is 0.261 e. The molecule has 0 unspecified atom stereocenters. The summed E-state index contributed by atoms with van der Waals surface area (Å²) in [4.78, 5) is -0.211. The molecule has 2 rings (SSSR count). The third-order valence-corrected chi connectivity index (χ3v) is 3.74. The van der Waals surface area contributed by atoms with Crippen molar-refractivity contribution in [2.75, 3.05) is 0 Å². The molecule has 2 aromatic carbocycles. The molecule has 0 aliphatic rings. The SMILES string of the molecule is O=S(=O)(Cl)c1ccc(F)cc1-c1ccc(F)cc1. The molecule has 0 amide bonds. The standard InChI is InChI=1S/C12H7ClF2O2S/c13-18(16,17)12-6-5-10(15)7-11(12)8-1-3-9(14)4-2-8/h1-7H. The first kappa shape index (κ1) is 13.0. The van der Waals surface area contributed by atoms with Crippen LogP contribution in [0.15, 0.2) is 47.4 Å². The summed E-state index contributed by atoms with van der Waals surface area (Å²) in [6.07, 6.45) is 0. The molecule has 2 aromatic rings. The quantitative estimate of drug-likeness (QED) is 0.792. The molecule has 0 heterocycles. The van der Waals surface area contributed by atoms with E-state index in [1.807, 2.05) is 0 Å². The maximum atomic E-state index is 13.2. The molecular formula is C12H7ClF2O2S. The van der Waals surface area contributed by atoms with Crippen LogP contribution in [0.25, 0.3) is 11.1 Å². The van der Waals surface area contributed by atoms with E-state index >= 15 is 0 Å². The molecule has 0 spiro atoms. The van der Waals surface area contributed by atoms with Gasteiger partial charge in [-0.25, -0.2) is 17.2 Å². The lowest BCUT2D eigenvalue weighted by molar-refractivity contribution is 0.608. The molecule has 0 aliphatic carbocycles. The van der Waals surface area contributed by atoms with Crippen LogP contribution < -0.4 is 0 Å². The van der Waals surface area contributed by atoms with Crippen LogP contribution in [0.1, 0.15) is 0 Å². The second kappa shape index (κ2) is 4.66. The van der Waals surface area contributed by atoms with E-state index < -0.39 is 20.7 Å². The molecule has 0 bridgehead atoms. The van der Waals surface area contributed by atoms with E-state index in [-0.39, 0.29) is 10.5 Å². The highest BCUT2D eigenvalue weighted by molar-refractivity contribution is 8.13. The molecule has 0 aromatic heterocycles. The predicted octanol–water partition coefficient (Wildman–Crippen LogP) is 3.56. The molecule has 0 aliphatic heterocycles. The van der Waals surface area contributed by atoms with E-state index in [1.54, 1.807) is 0 Å². The van der Waals surface area contributed by atoms with Crippen LogP contribution in [0.5, 0.6) is 0 Å². The van der Waals surface area contributed by atoms with Gasteiger partial charge in [0, 0.05) is 16.2 Å². The lowest BCUT2D eigenvalue weighted by Crippen LogP contribution is -1.95. The smallest absolute Gasteiger partial charge is 0.207 e. The molecule has 0 saturated carbocycles. The van der Waals surface area contributed by atoms with Crippen LogP contribution in [0, 0.1) is 11.6 Å². The van der Waals surface area contributed by atoms with Crippen molar-refractivity contribution >= 4 is 19.7 Å². The van der Waals surface area contributed by atoms with E-state index in [9.17, 15) is 17.2 Å². The highest BCUT2D eigenvalue weighted by atomic mass is 35.7. The van der Waals surface area contributed by atoms with Crippen molar-refractivity contribution in [1.29, 1.82) is 0 Å². The average molecular weight is 289 g/mol. The summed E-state index contributed by atoms with van der Waals surface area (Å²) in [5.74, 6) is -1.07. The van der Waals surface area contributed by atoms with E-state index in [4.69, 9.17) is 10.7 Å². The summed E-state index contributed by atoms with van der Waals surface area (Å²) in [5.41, 5.74) is 0.472. The minimum absolute atomic E-state index is 0.102. The van der Waals surface area contributed by atoms with E-state index in [0.717, 1.165) is 30.3 Å². The van der Waals surface area contributed by atoms with E-state index in [2.05, 4.69) is 0 Å². The molecule has 0 radical (unpaired) electrons. The molecule has 0 saturated heterocycles. The first-order valence-electron chi connectivity index (χ1n) is 4.88. The maximum Gasteiger partial charge on any atom is 0.261 e. The first-order chi connectivity index (χ1) is 8.38. The van der Waals surface area contributed by atoms with Gasteiger partial charge < -0.3 is 0 Å². The molecule has 94 valence electrons. The Labute approximate surface area is 107 Å². The number of rotatable bonds is 2. The van der Waals surface area contributed by atoms with Gasteiger partial charge in [-0.2, -0.15) is 0 Å². The number of hydrogen-bond acceptors (Lipinski definition) is 2. The first-order valence-corrected chi connectivity index (χ1v) is 7.19. The van der Waals surface area contributed by atoms with Gasteiger partial charge in [0.15, 0.2) is 0 Å². The van der Waals surface area contributed by atoms with Gasteiger partial charge >= 0.3 is 0 Å². The lowest BCUT2D eigenvalue weighted by atomic mass is 10.1. The van der Waals surface area contributed by atoms with Gasteiger partial charge in [0.05, 0.1) is 4.90 Å². The average Bonchev–Trinajstić information content (AvgIpc) is 2.28. The molecule has 0 N–H and O–H groups in total. The Morgan fingerprint density at radius 1 is 0.889 bits per heavy atom. The highest BCUT2D eigenvalue weighted by Crippen LogP contribution is 2.30. The van der Waals surface area contributed by atoms with Gasteiger partial charge in [-0.1, -0.05) is 12.1 Å². The molecular weight excluding hydrogens is 282 g/mol. The van der Waals surface area contributed by atoms with Crippen molar-refractivity contribution in [2.45, 2.75) is 4.90 Å². The minimum Gasteiger partial charge on any atom is -0.207 e. The zero-order valence-corrected chi connectivity index (χ0v) is 10.5. The van der Waals surface area contributed by atoms with Crippen LogP contribution in [0.3, 0.4) is 0 Å². The zero-order chi connectivity index (χ0) is 13.3. The topological polar surface area (TPSA) is 34.1 Å². The molecule has 0 atom stereocenters. The van der Waals surface area contributed by atoms with Crippen molar-refractivity contribution in [3.8, 4) is 11.1 Å². The van der Waals surface area contributed by atoms with Gasteiger partial charge in [0.2, 0.25) is 0 Å². The van der Waals surface area contributed by atoms with Gasteiger partial charge in [-0.05, 0) is 35.9 Å². The summed E-state index contributed by atoms with van der Waals surface area (Å²) >= 11 is 0. The van der Waals surface area contributed by atoms with Crippen LogP contribution in [0.4, 0.5) is 8.78 Å². The second-order valence-corrected chi connectivity index (χ2v) is 6.12. The predicted molar refractivity (Wildman–Crippen MR) is 64.8 cm³/mol. The van der Waals surface area contributed by atoms with Crippen LogP contribution in [-0.2, 0) is 9.05 Å². The Bertz CT molecular complexity index is 682. The van der Waals surface area contributed by atoms with Crippen molar-refractivity contribution in [1.82, 2.24) is 0 Å².